The van der Waals surface area contributed by atoms with Gasteiger partial charge in [-0.1, -0.05) is 23.7 Å². The fraction of sp³-hybridized carbons (Fsp3) is 0.562. The van der Waals surface area contributed by atoms with Gasteiger partial charge in [0.15, 0.2) is 5.78 Å². The van der Waals surface area contributed by atoms with E-state index in [1.165, 1.54) is 25.7 Å². The number of carbonyl (C=O) groups is 1. The van der Waals surface area contributed by atoms with Gasteiger partial charge in [-0.15, -0.1) is 0 Å². The number of hydrogen-bond acceptors (Lipinski definition) is 2. The molecule has 19 heavy (non-hydrogen) atoms. The van der Waals surface area contributed by atoms with E-state index in [9.17, 15) is 4.79 Å². The van der Waals surface area contributed by atoms with Crippen LogP contribution in [0.3, 0.4) is 0 Å². The van der Waals surface area contributed by atoms with Crippen molar-refractivity contribution in [1.29, 1.82) is 0 Å². The SMILES string of the molecule is O=C(CN(CC1CC1)CC1CC1)c1cccc(Cl)c1. The predicted octanol–water partition coefficient (Wildman–Crippen LogP) is 3.64. The normalized spacial score (nSPS) is 18.8. The summed E-state index contributed by atoms with van der Waals surface area (Å²) in [7, 11) is 0. The number of Topliss-reactive ketones (excluding diaryl/α,β-unsaturated/α-hetero) is 1. The Kier molecular flexibility index (Phi) is 3.90. The van der Waals surface area contributed by atoms with Crippen LogP contribution in [0.25, 0.3) is 0 Å². The fourth-order valence-corrected chi connectivity index (χ4v) is 2.68. The van der Waals surface area contributed by atoms with Crippen LogP contribution in [0.4, 0.5) is 0 Å². The molecular formula is C16H20ClNO. The molecule has 0 heterocycles. The van der Waals surface area contributed by atoms with Gasteiger partial charge in [0.1, 0.15) is 0 Å². The van der Waals surface area contributed by atoms with Crippen molar-refractivity contribution >= 4 is 17.4 Å². The molecule has 0 unspecified atom stereocenters. The quantitative estimate of drug-likeness (QED) is 0.709. The molecule has 0 aliphatic heterocycles. The van der Waals surface area contributed by atoms with E-state index in [1.807, 2.05) is 18.2 Å². The number of halogens is 1. The third-order valence-electron chi connectivity index (χ3n) is 3.94. The smallest absolute Gasteiger partial charge is 0.176 e. The summed E-state index contributed by atoms with van der Waals surface area (Å²) in [5.74, 6) is 1.88. The molecule has 2 fully saturated rings. The molecule has 0 amide bonds. The largest absolute Gasteiger partial charge is 0.295 e. The zero-order valence-electron chi connectivity index (χ0n) is 11.1. The van der Waals surface area contributed by atoms with Crippen molar-refractivity contribution in [2.75, 3.05) is 19.6 Å². The van der Waals surface area contributed by atoms with Gasteiger partial charge in [-0.05, 0) is 49.7 Å². The Morgan fingerprint density at radius 3 is 2.32 bits per heavy atom. The Bertz CT molecular complexity index is 452. The first-order valence-electron chi connectivity index (χ1n) is 7.22. The molecule has 2 saturated carbocycles. The lowest BCUT2D eigenvalue weighted by molar-refractivity contribution is 0.0924. The molecule has 0 atom stereocenters. The number of carbonyl (C=O) groups excluding carboxylic acids is 1. The highest BCUT2D eigenvalue weighted by Crippen LogP contribution is 2.33. The average molecular weight is 278 g/mol. The van der Waals surface area contributed by atoms with Crippen molar-refractivity contribution in [3.8, 4) is 0 Å². The minimum Gasteiger partial charge on any atom is -0.295 e. The summed E-state index contributed by atoms with van der Waals surface area (Å²) < 4.78 is 0. The molecule has 0 N–H and O–H groups in total. The van der Waals surface area contributed by atoms with E-state index < -0.39 is 0 Å². The van der Waals surface area contributed by atoms with Crippen LogP contribution in [0.1, 0.15) is 36.0 Å². The maximum Gasteiger partial charge on any atom is 0.176 e. The summed E-state index contributed by atoms with van der Waals surface area (Å²) in [6.07, 6.45) is 5.36. The van der Waals surface area contributed by atoms with Gasteiger partial charge in [0.2, 0.25) is 0 Å². The van der Waals surface area contributed by atoms with Gasteiger partial charge >= 0.3 is 0 Å². The molecule has 3 heteroatoms. The topological polar surface area (TPSA) is 20.3 Å². The van der Waals surface area contributed by atoms with Gasteiger partial charge in [0.05, 0.1) is 6.54 Å². The molecule has 3 rings (SSSR count). The second-order valence-electron chi connectivity index (χ2n) is 6.01. The summed E-state index contributed by atoms with van der Waals surface area (Å²) in [5.41, 5.74) is 0.740. The molecule has 0 aromatic heterocycles. The number of benzene rings is 1. The van der Waals surface area contributed by atoms with Crippen LogP contribution in [0.15, 0.2) is 24.3 Å². The Morgan fingerprint density at radius 2 is 1.79 bits per heavy atom. The van der Waals surface area contributed by atoms with Crippen molar-refractivity contribution in [3.63, 3.8) is 0 Å². The molecule has 1 aromatic rings. The van der Waals surface area contributed by atoms with Gasteiger partial charge in [-0.3, -0.25) is 9.69 Å². The average Bonchev–Trinajstić information content (AvgIpc) is 3.25. The maximum absolute atomic E-state index is 12.3. The summed E-state index contributed by atoms with van der Waals surface area (Å²) in [4.78, 5) is 14.7. The third-order valence-corrected chi connectivity index (χ3v) is 4.18. The second-order valence-corrected chi connectivity index (χ2v) is 6.45. The minimum absolute atomic E-state index is 0.198. The first-order chi connectivity index (χ1) is 9.20. The number of ketones is 1. The molecule has 0 spiro atoms. The van der Waals surface area contributed by atoms with Gasteiger partial charge in [0, 0.05) is 23.7 Å². The molecule has 2 aliphatic carbocycles. The van der Waals surface area contributed by atoms with Crippen molar-refractivity contribution in [1.82, 2.24) is 4.90 Å². The van der Waals surface area contributed by atoms with Crippen LogP contribution in [0, 0.1) is 11.8 Å². The molecule has 0 bridgehead atoms. The summed E-state index contributed by atoms with van der Waals surface area (Å²) in [6.45, 7) is 2.75. The Hall–Kier alpha value is -0.860. The van der Waals surface area contributed by atoms with Crippen molar-refractivity contribution in [2.24, 2.45) is 11.8 Å². The first kappa shape index (κ1) is 13.1. The Balaban J connectivity index is 1.60. The molecular weight excluding hydrogens is 258 g/mol. The molecule has 0 radical (unpaired) electrons. The second kappa shape index (κ2) is 5.64. The highest BCUT2D eigenvalue weighted by Gasteiger charge is 2.30. The standard InChI is InChI=1S/C16H20ClNO/c17-15-3-1-2-14(8-15)16(19)11-18(9-12-4-5-12)10-13-6-7-13/h1-3,8,12-13H,4-7,9-11H2. The number of rotatable bonds is 7. The van der Waals surface area contributed by atoms with E-state index in [0.29, 0.717) is 11.6 Å². The summed E-state index contributed by atoms with van der Waals surface area (Å²) in [6, 6.07) is 7.29. The number of nitrogens with zero attached hydrogens (tertiary/aromatic N) is 1. The zero-order chi connectivity index (χ0) is 13.2. The zero-order valence-corrected chi connectivity index (χ0v) is 11.9. The monoisotopic (exact) mass is 277 g/mol. The van der Waals surface area contributed by atoms with Gasteiger partial charge < -0.3 is 0 Å². The lowest BCUT2D eigenvalue weighted by atomic mass is 10.1. The van der Waals surface area contributed by atoms with Gasteiger partial charge in [-0.2, -0.15) is 0 Å². The van der Waals surface area contributed by atoms with Crippen molar-refractivity contribution in [2.45, 2.75) is 25.7 Å². The lowest BCUT2D eigenvalue weighted by Gasteiger charge is -2.21. The molecule has 1 aromatic carbocycles. The highest BCUT2D eigenvalue weighted by atomic mass is 35.5. The molecule has 2 nitrogen and oxygen atoms in total. The Labute approximate surface area is 119 Å². The van der Waals surface area contributed by atoms with E-state index in [0.717, 1.165) is 30.5 Å². The minimum atomic E-state index is 0.198. The summed E-state index contributed by atoms with van der Waals surface area (Å²) in [5, 5.41) is 0.641. The van der Waals surface area contributed by atoms with E-state index in [1.54, 1.807) is 6.07 Å². The van der Waals surface area contributed by atoms with Gasteiger partial charge in [-0.25, -0.2) is 0 Å². The van der Waals surface area contributed by atoms with E-state index in [2.05, 4.69) is 4.90 Å². The van der Waals surface area contributed by atoms with E-state index in [4.69, 9.17) is 11.6 Å². The van der Waals surface area contributed by atoms with E-state index in [-0.39, 0.29) is 5.78 Å². The van der Waals surface area contributed by atoms with Crippen LogP contribution in [0.5, 0.6) is 0 Å². The van der Waals surface area contributed by atoms with Crippen LogP contribution in [0.2, 0.25) is 5.02 Å². The predicted molar refractivity (Wildman–Crippen MR) is 77.7 cm³/mol. The first-order valence-corrected chi connectivity index (χ1v) is 7.59. The van der Waals surface area contributed by atoms with Crippen molar-refractivity contribution in [3.05, 3.63) is 34.9 Å². The third kappa shape index (κ3) is 4.05. The molecule has 0 saturated heterocycles. The Morgan fingerprint density at radius 1 is 1.16 bits per heavy atom. The van der Waals surface area contributed by atoms with Gasteiger partial charge in [0.25, 0.3) is 0 Å². The molecule has 102 valence electrons. The summed E-state index contributed by atoms with van der Waals surface area (Å²) >= 11 is 5.95. The molecule has 2 aliphatic rings. The maximum atomic E-state index is 12.3. The van der Waals surface area contributed by atoms with Crippen LogP contribution in [-0.4, -0.2) is 30.3 Å². The lowest BCUT2D eigenvalue weighted by Crippen LogP contribution is -2.33. The van der Waals surface area contributed by atoms with E-state index >= 15 is 0 Å². The highest BCUT2D eigenvalue weighted by molar-refractivity contribution is 6.31. The van der Waals surface area contributed by atoms with Crippen LogP contribution >= 0.6 is 11.6 Å². The van der Waals surface area contributed by atoms with Crippen LogP contribution < -0.4 is 0 Å². The number of hydrogen-bond donors (Lipinski definition) is 0. The van der Waals surface area contributed by atoms with Crippen LogP contribution in [-0.2, 0) is 0 Å². The fourth-order valence-electron chi connectivity index (χ4n) is 2.49. The van der Waals surface area contributed by atoms with Crippen molar-refractivity contribution < 1.29 is 4.79 Å².